The SMILES string of the molecule is COCCN(Cc1cnc(-c2cc3c(s2)=C=C(Oc2ccc(N)cc2F)C=CN=3)n1C)C(=O)COC(C)=O. The zero-order chi connectivity index (χ0) is 27.2. The topological polar surface area (TPSA) is 121 Å². The van der Waals surface area contributed by atoms with Crippen LogP contribution >= 0.6 is 11.3 Å². The number of rotatable bonds is 10. The van der Waals surface area contributed by atoms with Gasteiger partial charge in [0.2, 0.25) is 0 Å². The van der Waals surface area contributed by atoms with Crippen LogP contribution in [0.4, 0.5) is 10.1 Å². The number of nitrogens with zero attached hydrogens (tertiary/aromatic N) is 4. The van der Waals surface area contributed by atoms with Crippen molar-refractivity contribution in [3.05, 3.63) is 69.9 Å². The fourth-order valence-electron chi connectivity index (χ4n) is 3.56. The zero-order valence-corrected chi connectivity index (χ0v) is 21.9. The van der Waals surface area contributed by atoms with Crippen LogP contribution in [0.2, 0.25) is 0 Å². The Morgan fingerprint density at radius 2 is 2.11 bits per heavy atom. The quantitative estimate of drug-likeness (QED) is 0.309. The van der Waals surface area contributed by atoms with Crippen LogP contribution in [0.25, 0.3) is 16.4 Å². The molecule has 1 aromatic carbocycles. The molecule has 4 rings (SSSR count). The lowest BCUT2D eigenvalue weighted by Gasteiger charge is -2.22. The Morgan fingerprint density at radius 3 is 2.84 bits per heavy atom. The van der Waals surface area contributed by atoms with E-state index >= 15 is 0 Å². The number of thiophene rings is 1. The highest BCUT2D eigenvalue weighted by atomic mass is 32.1. The van der Waals surface area contributed by atoms with E-state index in [9.17, 15) is 14.0 Å². The van der Waals surface area contributed by atoms with Crippen molar-refractivity contribution in [2.24, 2.45) is 12.0 Å². The van der Waals surface area contributed by atoms with E-state index in [-0.39, 0.29) is 24.8 Å². The van der Waals surface area contributed by atoms with Gasteiger partial charge in [-0.1, -0.05) is 5.73 Å². The largest absolute Gasteiger partial charge is 0.456 e. The molecule has 0 saturated heterocycles. The summed E-state index contributed by atoms with van der Waals surface area (Å²) < 4.78 is 32.5. The van der Waals surface area contributed by atoms with Gasteiger partial charge in [-0.2, -0.15) is 0 Å². The number of esters is 1. The molecule has 2 N–H and O–H groups in total. The van der Waals surface area contributed by atoms with E-state index in [1.165, 1.54) is 30.4 Å². The maximum Gasteiger partial charge on any atom is 0.303 e. The number of nitrogens with two attached hydrogens (primary N) is 1. The van der Waals surface area contributed by atoms with Gasteiger partial charge in [0.05, 0.1) is 39.8 Å². The summed E-state index contributed by atoms with van der Waals surface area (Å²) in [4.78, 5) is 35.1. The predicted octanol–water partition coefficient (Wildman–Crippen LogP) is 1.90. The molecule has 0 radical (unpaired) electrons. The summed E-state index contributed by atoms with van der Waals surface area (Å²) in [7, 11) is 3.40. The molecule has 1 amide bonds. The smallest absolute Gasteiger partial charge is 0.303 e. The first-order chi connectivity index (χ1) is 18.2. The highest BCUT2D eigenvalue weighted by Crippen LogP contribution is 2.23. The molecule has 2 aromatic heterocycles. The van der Waals surface area contributed by atoms with Crippen LogP contribution in [0.5, 0.6) is 5.75 Å². The Bertz CT molecular complexity index is 1550. The second kappa shape index (κ2) is 11.9. The van der Waals surface area contributed by atoms with Crippen molar-refractivity contribution in [2.75, 3.05) is 32.6 Å². The lowest BCUT2D eigenvalue weighted by molar-refractivity contribution is -0.150. The minimum Gasteiger partial charge on any atom is -0.456 e. The number of aromatic nitrogens is 2. The standard InChI is InChI=1S/C26H26FN5O5S/c1-16(33)36-15-25(34)32(8-9-35-3)14-18-13-30-26(31(18)2)24-12-21-23(38-24)11-19(6-7-29-21)37-22-5-4-17(28)10-20(22)27/h4-7,10,12-13H,8-9,14-15,28H2,1-3H3. The van der Waals surface area contributed by atoms with Crippen LogP contribution in [-0.2, 0) is 32.7 Å². The number of ether oxygens (including phenoxy) is 3. The van der Waals surface area contributed by atoms with Gasteiger partial charge in [-0.15, -0.1) is 11.3 Å². The summed E-state index contributed by atoms with van der Waals surface area (Å²) in [5.74, 6) is -0.439. The molecule has 3 aromatic rings. The summed E-state index contributed by atoms with van der Waals surface area (Å²) in [6.45, 7) is 1.82. The molecule has 0 bridgehead atoms. The Morgan fingerprint density at radius 1 is 1.29 bits per heavy atom. The average molecular weight is 540 g/mol. The number of carbonyl (C=O) groups is 2. The normalized spacial score (nSPS) is 12.1. The van der Waals surface area contributed by atoms with E-state index in [0.717, 1.165) is 10.6 Å². The fraction of sp³-hybridized carbons (Fsp3) is 0.269. The molecule has 0 unspecified atom stereocenters. The number of anilines is 1. The summed E-state index contributed by atoms with van der Waals surface area (Å²) in [6.07, 6.45) is 4.85. The lowest BCUT2D eigenvalue weighted by Crippen LogP contribution is -2.37. The maximum absolute atomic E-state index is 14.2. The van der Waals surface area contributed by atoms with Crippen molar-refractivity contribution in [1.29, 1.82) is 0 Å². The van der Waals surface area contributed by atoms with Crippen molar-refractivity contribution < 1.29 is 28.2 Å². The van der Waals surface area contributed by atoms with E-state index < -0.39 is 11.8 Å². The number of allylic oxidation sites excluding steroid dienone is 1. The molecular weight excluding hydrogens is 513 g/mol. The van der Waals surface area contributed by atoms with Crippen LogP contribution in [0.1, 0.15) is 12.6 Å². The molecule has 0 atom stereocenters. The molecule has 198 valence electrons. The monoisotopic (exact) mass is 539 g/mol. The second-order valence-corrected chi connectivity index (χ2v) is 9.32. The number of amides is 1. The second-order valence-electron chi connectivity index (χ2n) is 8.27. The minimum absolute atomic E-state index is 0.0293. The van der Waals surface area contributed by atoms with Gasteiger partial charge >= 0.3 is 5.97 Å². The van der Waals surface area contributed by atoms with Crippen molar-refractivity contribution in [3.8, 4) is 16.5 Å². The Kier molecular flexibility index (Phi) is 8.37. The molecule has 0 spiro atoms. The molecule has 0 aliphatic carbocycles. The molecule has 1 aliphatic rings. The fourth-order valence-corrected chi connectivity index (χ4v) is 4.60. The molecule has 38 heavy (non-hydrogen) atoms. The predicted molar refractivity (Wildman–Crippen MR) is 139 cm³/mol. The first-order valence-electron chi connectivity index (χ1n) is 11.5. The first kappa shape index (κ1) is 26.8. The highest BCUT2D eigenvalue weighted by molar-refractivity contribution is 7.13. The van der Waals surface area contributed by atoms with Crippen LogP contribution < -0.4 is 20.4 Å². The lowest BCUT2D eigenvalue weighted by atomic mass is 10.3. The van der Waals surface area contributed by atoms with Crippen LogP contribution in [0, 0.1) is 5.82 Å². The Labute approximate surface area is 221 Å². The van der Waals surface area contributed by atoms with Crippen molar-refractivity contribution in [1.82, 2.24) is 14.5 Å². The Balaban J connectivity index is 1.60. The van der Waals surface area contributed by atoms with Crippen molar-refractivity contribution >= 4 is 34.6 Å². The molecular formula is C26H26FN5O5S. The maximum atomic E-state index is 14.2. The van der Waals surface area contributed by atoms with E-state index in [4.69, 9.17) is 19.9 Å². The van der Waals surface area contributed by atoms with Crippen molar-refractivity contribution in [2.45, 2.75) is 13.5 Å². The van der Waals surface area contributed by atoms with E-state index in [1.54, 1.807) is 36.5 Å². The van der Waals surface area contributed by atoms with Crippen LogP contribution in [0.15, 0.2) is 53.5 Å². The molecule has 12 heteroatoms. The summed E-state index contributed by atoms with van der Waals surface area (Å²) in [5, 5.41) is 0.667. The van der Waals surface area contributed by atoms with Gasteiger partial charge in [0.1, 0.15) is 5.82 Å². The number of hydrogen-bond acceptors (Lipinski definition) is 9. The summed E-state index contributed by atoms with van der Waals surface area (Å²) >= 11 is 1.40. The highest BCUT2D eigenvalue weighted by Gasteiger charge is 2.19. The summed E-state index contributed by atoms with van der Waals surface area (Å²) in [5.41, 5.74) is 9.83. The van der Waals surface area contributed by atoms with Gasteiger partial charge < -0.3 is 29.4 Å². The number of methoxy groups -OCH3 is 1. The molecule has 0 fully saturated rings. The third-order valence-corrected chi connectivity index (χ3v) is 6.57. The molecule has 10 nitrogen and oxygen atoms in total. The average Bonchev–Trinajstić information content (AvgIpc) is 3.38. The van der Waals surface area contributed by atoms with Gasteiger partial charge in [-0.3, -0.25) is 14.6 Å². The van der Waals surface area contributed by atoms with Crippen LogP contribution in [-0.4, -0.2) is 53.2 Å². The van der Waals surface area contributed by atoms with Gasteiger partial charge in [-0.05, 0) is 18.2 Å². The van der Waals surface area contributed by atoms with Crippen molar-refractivity contribution in [3.63, 3.8) is 0 Å². The molecule has 0 saturated carbocycles. The van der Waals surface area contributed by atoms with Gasteiger partial charge in [0, 0.05) is 51.7 Å². The number of halogens is 1. The third-order valence-electron chi connectivity index (χ3n) is 5.54. The molecule has 3 heterocycles. The summed E-state index contributed by atoms with van der Waals surface area (Å²) in [6, 6.07) is 6.08. The minimum atomic E-state index is -0.576. The number of fused-ring (bicyclic) bond motifs is 1. The number of hydrogen-bond donors (Lipinski definition) is 1. The molecule has 1 aliphatic heterocycles. The van der Waals surface area contributed by atoms with E-state index in [2.05, 4.69) is 15.7 Å². The number of carbonyl (C=O) groups excluding carboxylic acids is 2. The van der Waals surface area contributed by atoms with Gasteiger partial charge in [0.15, 0.2) is 23.9 Å². The number of imidazole rings is 1. The van der Waals surface area contributed by atoms with Crippen LogP contribution in [0.3, 0.4) is 0 Å². The number of nitrogen functional groups attached to an aromatic ring is 1. The van der Waals surface area contributed by atoms with Gasteiger partial charge in [-0.25, -0.2) is 9.37 Å². The first-order valence-corrected chi connectivity index (χ1v) is 12.4. The zero-order valence-electron chi connectivity index (χ0n) is 21.1. The number of benzene rings is 1. The van der Waals surface area contributed by atoms with E-state index in [0.29, 0.717) is 40.3 Å². The third kappa shape index (κ3) is 6.35. The Hall–Kier alpha value is -4.25. The van der Waals surface area contributed by atoms with Gasteiger partial charge in [0.25, 0.3) is 5.91 Å². The van der Waals surface area contributed by atoms with E-state index in [1.807, 2.05) is 17.7 Å².